The molecule has 21 heavy (non-hydrogen) atoms. The number of anilines is 2. The van der Waals surface area contributed by atoms with Gasteiger partial charge in [0.05, 0.1) is 22.3 Å². The standard InChI is InChI=1S/C15H13BrCl2N2O/c1-9-5-6-10(7-11(9)16)19-8-14(21)20-13-4-2-3-12(17)15(13)18/h2-7,19H,8H2,1H3,(H,20,21). The molecule has 0 radical (unpaired) electrons. The van der Waals surface area contributed by atoms with Crippen LogP contribution in [-0.2, 0) is 4.79 Å². The summed E-state index contributed by atoms with van der Waals surface area (Å²) in [5.41, 5.74) is 2.50. The van der Waals surface area contributed by atoms with Crippen LogP contribution in [0.1, 0.15) is 5.56 Å². The Morgan fingerprint density at radius 1 is 1.24 bits per heavy atom. The molecular weight excluding hydrogens is 375 g/mol. The molecule has 6 heteroatoms. The third-order valence-electron chi connectivity index (χ3n) is 2.85. The van der Waals surface area contributed by atoms with Crippen LogP contribution in [-0.4, -0.2) is 12.5 Å². The van der Waals surface area contributed by atoms with Gasteiger partial charge < -0.3 is 10.6 Å². The third-order valence-corrected chi connectivity index (χ3v) is 4.52. The molecule has 0 atom stereocenters. The SMILES string of the molecule is Cc1ccc(NCC(=O)Nc2cccc(Cl)c2Cl)cc1Br. The topological polar surface area (TPSA) is 41.1 Å². The lowest BCUT2D eigenvalue weighted by Crippen LogP contribution is -2.21. The van der Waals surface area contributed by atoms with Gasteiger partial charge in [0.1, 0.15) is 0 Å². The number of amides is 1. The summed E-state index contributed by atoms with van der Waals surface area (Å²) < 4.78 is 0.991. The molecule has 2 N–H and O–H groups in total. The van der Waals surface area contributed by atoms with Crippen LogP contribution in [0.15, 0.2) is 40.9 Å². The lowest BCUT2D eigenvalue weighted by Gasteiger charge is -2.10. The van der Waals surface area contributed by atoms with Crippen molar-refractivity contribution in [1.29, 1.82) is 0 Å². The summed E-state index contributed by atoms with van der Waals surface area (Å²) in [7, 11) is 0. The second-order valence-electron chi connectivity index (χ2n) is 4.47. The molecule has 3 nitrogen and oxygen atoms in total. The predicted octanol–water partition coefficient (Wildman–Crippen LogP) is 5.11. The molecule has 0 bridgehead atoms. The zero-order chi connectivity index (χ0) is 15.4. The number of hydrogen-bond acceptors (Lipinski definition) is 2. The van der Waals surface area contributed by atoms with Crippen molar-refractivity contribution in [3.8, 4) is 0 Å². The maximum absolute atomic E-state index is 11.9. The van der Waals surface area contributed by atoms with Gasteiger partial charge in [0.2, 0.25) is 5.91 Å². The zero-order valence-electron chi connectivity index (χ0n) is 11.2. The lowest BCUT2D eigenvalue weighted by atomic mass is 10.2. The maximum atomic E-state index is 11.9. The number of rotatable bonds is 4. The van der Waals surface area contributed by atoms with Crippen molar-refractivity contribution in [3.63, 3.8) is 0 Å². The average molecular weight is 388 g/mol. The molecule has 110 valence electrons. The van der Waals surface area contributed by atoms with Gasteiger partial charge in [0.25, 0.3) is 0 Å². The fourth-order valence-corrected chi connectivity index (χ4v) is 2.41. The van der Waals surface area contributed by atoms with E-state index in [1.54, 1.807) is 18.2 Å². The number of carbonyl (C=O) groups is 1. The summed E-state index contributed by atoms with van der Waals surface area (Å²) in [6.07, 6.45) is 0. The molecule has 0 heterocycles. The molecule has 2 aromatic rings. The first-order valence-electron chi connectivity index (χ1n) is 6.21. The molecule has 2 rings (SSSR count). The fourth-order valence-electron chi connectivity index (χ4n) is 1.68. The minimum absolute atomic E-state index is 0.137. The molecule has 0 fully saturated rings. The summed E-state index contributed by atoms with van der Waals surface area (Å²) >= 11 is 15.4. The Labute approximate surface area is 141 Å². The van der Waals surface area contributed by atoms with Crippen LogP contribution in [0.25, 0.3) is 0 Å². The summed E-state index contributed by atoms with van der Waals surface area (Å²) in [6.45, 7) is 2.14. The van der Waals surface area contributed by atoms with Crippen LogP contribution in [0, 0.1) is 6.92 Å². The van der Waals surface area contributed by atoms with Gasteiger partial charge in [0, 0.05) is 10.2 Å². The normalized spacial score (nSPS) is 10.3. The van der Waals surface area contributed by atoms with E-state index in [2.05, 4.69) is 26.6 Å². The highest BCUT2D eigenvalue weighted by Crippen LogP contribution is 2.29. The van der Waals surface area contributed by atoms with Crippen LogP contribution in [0.2, 0.25) is 10.0 Å². The highest BCUT2D eigenvalue weighted by Gasteiger charge is 2.08. The van der Waals surface area contributed by atoms with Crippen molar-refractivity contribution in [2.45, 2.75) is 6.92 Å². The third kappa shape index (κ3) is 4.37. The molecule has 0 aromatic heterocycles. The van der Waals surface area contributed by atoms with Gasteiger partial charge in [0.15, 0.2) is 0 Å². The van der Waals surface area contributed by atoms with E-state index in [-0.39, 0.29) is 12.5 Å². The van der Waals surface area contributed by atoms with Crippen LogP contribution in [0.4, 0.5) is 11.4 Å². The molecule has 0 aliphatic carbocycles. The minimum Gasteiger partial charge on any atom is -0.376 e. The molecular formula is C15H13BrCl2N2O. The first-order valence-corrected chi connectivity index (χ1v) is 7.76. The smallest absolute Gasteiger partial charge is 0.243 e. The van der Waals surface area contributed by atoms with E-state index in [4.69, 9.17) is 23.2 Å². The zero-order valence-corrected chi connectivity index (χ0v) is 14.3. The summed E-state index contributed by atoms with van der Waals surface area (Å²) in [4.78, 5) is 11.9. The Morgan fingerprint density at radius 3 is 2.71 bits per heavy atom. The van der Waals surface area contributed by atoms with Crippen molar-refractivity contribution < 1.29 is 4.79 Å². The van der Waals surface area contributed by atoms with Crippen molar-refractivity contribution in [2.24, 2.45) is 0 Å². The summed E-state index contributed by atoms with van der Waals surface area (Å²) in [5.74, 6) is -0.198. The quantitative estimate of drug-likeness (QED) is 0.764. The first kappa shape index (κ1) is 16.1. The van der Waals surface area contributed by atoms with Crippen LogP contribution < -0.4 is 10.6 Å². The van der Waals surface area contributed by atoms with Gasteiger partial charge in [-0.25, -0.2) is 0 Å². The second-order valence-corrected chi connectivity index (χ2v) is 6.11. The number of hydrogen-bond donors (Lipinski definition) is 2. The van der Waals surface area contributed by atoms with E-state index in [1.165, 1.54) is 0 Å². The molecule has 0 saturated heterocycles. The molecule has 0 aliphatic rings. The van der Waals surface area contributed by atoms with Crippen LogP contribution in [0.5, 0.6) is 0 Å². The monoisotopic (exact) mass is 386 g/mol. The predicted molar refractivity (Wildman–Crippen MR) is 92.5 cm³/mol. The number of halogens is 3. The maximum Gasteiger partial charge on any atom is 0.243 e. The molecule has 0 aliphatic heterocycles. The largest absolute Gasteiger partial charge is 0.376 e. The van der Waals surface area contributed by atoms with Crippen LogP contribution >= 0.6 is 39.1 Å². The second kappa shape index (κ2) is 7.16. The summed E-state index contributed by atoms with van der Waals surface area (Å²) in [5, 5.41) is 6.51. The van der Waals surface area contributed by atoms with E-state index in [0.29, 0.717) is 15.7 Å². The van der Waals surface area contributed by atoms with Crippen molar-refractivity contribution in [2.75, 3.05) is 17.2 Å². The first-order chi connectivity index (χ1) is 9.97. The highest BCUT2D eigenvalue weighted by molar-refractivity contribution is 9.10. The van der Waals surface area contributed by atoms with Crippen molar-refractivity contribution in [1.82, 2.24) is 0 Å². The Bertz CT molecular complexity index is 677. The molecule has 0 spiro atoms. The van der Waals surface area contributed by atoms with Gasteiger partial charge in [-0.2, -0.15) is 0 Å². The van der Waals surface area contributed by atoms with Crippen LogP contribution in [0.3, 0.4) is 0 Å². The molecule has 2 aromatic carbocycles. The van der Waals surface area contributed by atoms with E-state index < -0.39 is 0 Å². The van der Waals surface area contributed by atoms with Gasteiger partial charge in [-0.15, -0.1) is 0 Å². The Balaban J connectivity index is 1.96. The molecule has 0 saturated carbocycles. The lowest BCUT2D eigenvalue weighted by molar-refractivity contribution is -0.114. The number of aryl methyl sites for hydroxylation is 1. The molecule has 0 unspecified atom stereocenters. The number of benzene rings is 2. The van der Waals surface area contributed by atoms with E-state index in [0.717, 1.165) is 15.7 Å². The van der Waals surface area contributed by atoms with Gasteiger partial charge in [-0.1, -0.05) is 51.3 Å². The number of nitrogens with one attached hydrogen (secondary N) is 2. The minimum atomic E-state index is -0.198. The number of carbonyl (C=O) groups excluding carboxylic acids is 1. The van der Waals surface area contributed by atoms with E-state index >= 15 is 0 Å². The average Bonchev–Trinajstić information content (AvgIpc) is 2.45. The highest BCUT2D eigenvalue weighted by atomic mass is 79.9. The molecule has 1 amide bonds. The van der Waals surface area contributed by atoms with Gasteiger partial charge in [-0.05, 0) is 36.8 Å². The van der Waals surface area contributed by atoms with E-state index in [1.807, 2.05) is 25.1 Å². The summed E-state index contributed by atoms with van der Waals surface area (Å²) in [6, 6.07) is 10.9. The van der Waals surface area contributed by atoms with E-state index in [9.17, 15) is 4.79 Å². The fraction of sp³-hybridized carbons (Fsp3) is 0.133. The van der Waals surface area contributed by atoms with Crippen molar-refractivity contribution >= 4 is 56.4 Å². The van der Waals surface area contributed by atoms with Crippen molar-refractivity contribution in [3.05, 3.63) is 56.5 Å². The Kier molecular flexibility index (Phi) is 5.51. The Hall–Kier alpha value is -1.23. The van der Waals surface area contributed by atoms with Gasteiger partial charge >= 0.3 is 0 Å². The Morgan fingerprint density at radius 2 is 2.00 bits per heavy atom. The van der Waals surface area contributed by atoms with Gasteiger partial charge in [-0.3, -0.25) is 4.79 Å².